The van der Waals surface area contributed by atoms with Gasteiger partial charge in [0.25, 0.3) is 5.91 Å². The Morgan fingerprint density at radius 2 is 1.88 bits per heavy atom. The molecule has 134 valence electrons. The molecular formula is C21H23N3O2. The fourth-order valence-electron chi connectivity index (χ4n) is 3.62. The fourth-order valence-corrected chi connectivity index (χ4v) is 3.62. The van der Waals surface area contributed by atoms with Gasteiger partial charge < -0.3 is 14.6 Å². The van der Waals surface area contributed by atoms with Crippen LogP contribution in [0.3, 0.4) is 0 Å². The normalized spacial score (nSPS) is 15.3. The van der Waals surface area contributed by atoms with Crippen LogP contribution in [0.2, 0.25) is 0 Å². The van der Waals surface area contributed by atoms with Gasteiger partial charge in [0.1, 0.15) is 11.6 Å². The van der Waals surface area contributed by atoms with Gasteiger partial charge in [-0.1, -0.05) is 24.3 Å². The van der Waals surface area contributed by atoms with E-state index < -0.39 is 0 Å². The second-order valence-corrected chi connectivity index (χ2v) is 6.63. The zero-order chi connectivity index (χ0) is 17.9. The minimum absolute atomic E-state index is 0.0529. The number of ether oxygens (including phenoxy) is 1. The van der Waals surface area contributed by atoms with Crippen molar-refractivity contribution in [1.29, 1.82) is 0 Å². The third kappa shape index (κ3) is 3.17. The van der Waals surface area contributed by atoms with Gasteiger partial charge in [-0.05, 0) is 44.0 Å². The quantitative estimate of drug-likeness (QED) is 0.775. The van der Waals surface area contributed by atoms with Crippen LogP contribution < -0.4 is 4.74 Å². The van der Waals surface area contributed by atoms with Crippen molar-refractivity contribution in [3.63, 3.8) is 0 Å². The molecule has 1 aliphatic heterocycles. The number of benzene rings is 2. The van der Waals surface area contributed by atoms with Crippen LogP contribution in [0.4, 0.5) is 0 Å². The number of amides is 1. The van der Waals surface area contributed by atoms with Gasteiger partial charge in [-0.3, -0.25) is 4.79 Å². The molecule has 26 heavy (non-hydrogen) atoms. The molecule has 1 amide bonds. The highest BCUT2D eigenvalue weighted by Gasteiger charge is 2.27. The summed E-state index contributed by atoms with van der Waals surface area (Å²) < 4.78 is 5.61. The molecular weight excluding hydrogens is 326 g/mol. The summed E-state index contributed by atoms with van der Waals surface area (Å²) in [6.45, 7) is 3.96. The average Bonchev–Trinajstić information content (AvgIpc) is 3.12. The van der Waals surface area contributed by atoms with Crippen LogP contribution in [0.5, 0.6) is 5.75 Å². The number of imidazole rings is 1. The Kier molecular flexibility index (Phi) is 4.61. The number of fused-ring (bicyclic) bond motifs is 1. The Bertz CT molecular complexity index is 877. The molecule has 0 spiro atoms. The number of carbonyl (C=O) groups is 1. The van der Waals surface area contributed by atoms with Gasteiger partial charge >= 0.3 is 0 Å². The lowest BCUT2D eigenvalue weighted by atomic mass is 9.95. The summed E-state index contributed by atoms with van der Waals surface area (Å²) in [6.07, 6.45) is 1.84. The predicted molar refractivity (Wildman–Crippen MR) is 102 cm³/mol. The maximum Gasteiger partial charge on any atom is 0.257 e. The van der Waals surface area contributed by atoms with E-state index in [0.29, 0.717) is 23.8 Å². The molecule has 0 saturated carbocycles. The Morgan fingerprint density at radius 1 is 1.15 bits per heavy atom. The molecule has 0 unspecified atom stereocenters. The molecule has 1 aliphatic rings. The minimum Gasteiger partial charge on any atom is -0.493 e. The molecule has 5 nitrogen and oxygen atoms in total. The van der Waals surface area contributed by atoms with E-state index in [0.717, 1.165) is 42.8 Å². The number of para-hydroxylation sites is 3. The zero-order valence-corrected chi connectivity index (χ0v) is 14.9. The second kappa shape index (κ2) is 7.20. The molecule has 0 aliphatic carbocycles. The SMILES string of the molecule is CCOc1ccccc1C(=O)N1CCC(c2nc3ccccc3[nH]2)CC1. The van der Waals surface area contributed by atoms with E-state index in [9.17, 15) is 4.79 Å². The molecule has 1 saturated heterocycles. The number of nitrogens with zero attached hydrogens (tertiary/aromatic N) is 2. The fraction of sp³-hybridized carbons (Fsp3) is 0.333. The Morgan fingerprint density at radius 3 is 2.65 bits per heavy atom. The zero-order valence-electron chi connectivity index (χ0n) is 14.9. The highest BCUT2D eigenvalue weighted by atomic mass is 16.5. The van der Waals surface area contributed by atoms with E-state index in [1.54, 1.807) is 0 Å². The van der Waals surface area contributed by atoms with Gasteiger partial charge in [0.2, 0.25) is 0 Å². The summed E-state index contributed by atoms with van der Waals surface area (Å²) in [7, 11) is 0. The maximum absolute atomic E-state index is 12.9. The summed E-state index contributed by atoms with van der Waals surface area (Å²) in [5, 5.41) is 0. The lowest BCUT2D eigenvalue weighted by Gasteiger charge is -2.31. The number of aromatic nitrogens is 2. The van der Waals surface area contributed by atoms with E-state index in [2.05, 4.69) is 11.1 Å². The van der Waals surface area contributed by atoms with Crippen molar-refractivity contribution in [2.45, 2.75) is 25.7 Å². The van der Waals surface area contributed by atoms with Crippen molar-refractivity contribution < 1.29 is 9.53 Å². The van der Waals surface area contributed by atoms with Gasteiger partial charge in [0.15, 0.2) is 0 Å². The molecule has 1 fully saturated rings. The number of aromatic amines is 1. The highest BCUT2D eigenvalue weighted by molar-refractivity contribution is 5.97. The van der Waals surface area contributed by atoms with Crippen molar-refractivity contribution in [1.82, 2.24) is 14.9 Å². The molecule has 0 radical (unpaired) electrons. The van der Waals surface area contributed by atoms with Crippen LogP contribution in [0.15, 0.2) is 48.5 Å². The van der Waals surface area contributed by atoms with Gasteiger partial charge in [-0.15, -0.1) is 0 Å². The molecule has 2 heterocycles. The summed E-state index contributed by atoms with van der Waals surface area (Å²) in [5.74, 6) is 2.12. The second-order valence-electron chi connectivity index (χ2n) is 6.63. The van der Waals surface area contributed by atoms with Crippen LogP contribution in [0, 0.1) is 0 Å². The molecule has 1 N–H and O–H groups in total. The number of carbonyl (C=O) groups excluding carboxylic acids is 1. The molecule has 5 heteroatoms. The van der Waals surface area contributed by atoms with Gasteiger partial charge in [0, 0.05) is 19.0 Å². The predicted octanol–water partition coefficient (Wildman–Crippen LogP) is 3.98. The highest BCUT2D eigenvalue weighted by Crippen LogP contribution is 2.29. The largest absolute Gasteiger partial charge is 0.493 e. The molecule has 2 aromatic carbocycles. The van der Waals surface area contributed by atoms with Crippen LogP contribution in [-0.2, 0) is 0 Å². The van der Waals surface area contributed by atoms with E-state index >= 15 is 0 Å². The van der Waals surface area contributed by atoms with Gasteiger partial charge in [-0.2, -0.15) is 0 Å². The maximum atomic E-state index is 12.9. The standard InChI is InChI=1S/C21H23N3O2/c1-2-26-19-10-6-3-7-16(19)21(25)24-13-11-15(12-14-24)20-22-17-8-4-5-9-18(17)23-20/h3-10,15H,2,11-14H2,1H3,(H,22,23). The Balaban J connectivity index is 1.45. The van der Waals surface area contributed by atoms with E-state index in [-0.39, 0.29) is 5.91 Å². The van der Waals surface area contributed by atoms with Crippen LogP contribution in [-0.4, -0.2) is 40.5 Å². The van der Waals surface area contributed by atoms with Crippen molar-refractivity contribution in [3.05, 3.63) is 59.9 Å². The molecule has 3 aromatic rings. The first-order valence-corrected chi connectivity index (χ1v) is 9.22. The van der Waals surface area contributed by atoms with Crippen LogP contribution in [0.25, 0.3) is 11.0 Å². The monoisotopic (exact) mass is 349 g/mol. The summed E-state index contributed by atoms with van der Waals surface area (Å²) in [6, 6.07) is 15.6. The van der Waals surface area contributed by atoms with Crippen LogP contribution >= 0.6 is 0 Å². The average molecular weight is 349 g/mol. The topological polar surface area (TPSA) is 58.2 Å². The van der Waals surface area contributed by atoms with E-state index in [1.165, 1.54) is 0 Å². The smallest absolute Gasteiger partial charge is 0.257 e. The summed E-state index contributed by atoms with van der Waals surface area (Å²) in [4.78, 5) is 23.0. The molecule has 0 bridgehead atoms. The Hall–Kier alpha value is -2.82. The molecule has 0 atom stereocenters. The lowest BCUT2D eigenvalue weighted by molar-refractivity contribution is 0.0707. The van der Waals surface area contributed by atoms with Crippen molar-refractivity contribution in [3.8, 4) is 5.75 Å². The first kappa shape index (κ1) is 16.6. The lowest BCUT2D eigenvalue weighted by Crippen LogP contribution is -2.38. The number of piperidine rings is 1. The number of hydrogen-bond acceptors (Lipinski definition) is 3. The third-order valence-corrected chi connectivity index (χ3v) is 4.99. The van der Waals surface area contributed by atoms with Crippen molar-refractivity contribution >= 4 is 16.9 Å². The Labute approximate surface area is 153 Å². The summed E-state index contributed by atoms with van der Waals surface area (Å²) in [5.41, 5.74) is 2.73. The van der Waals surface area contributed by atoms with Crippen LogP contribution in [0.1, 0.15) is 41.9 Å². The number of rotatable bonds is 4. The first-order chi connectivity index (χ1) is 12.8. The number of hydrogen-bond donors (Lipinski definition) is 1. The van der Waals surface area contributed by atoms with Gasteiger partial charge in [0.05, 0.1) is 23.2 Å². The molecule has 1 aromatic heterocycles. The molecule has 4 rings (SSSR count). The van der Waals surface area contributed by atoms with Crippen molar-refractivity contribution in [2.75, 3.05) is 19.7 Å². The number of likely N-dealkylation sites (tertiary alicyclic amines) is 1. The number of H-pyrrole nitrogens is 1. The minimum atomic E-state index is 0.0529. The third-order valence-electron chi connectivity index (χ3n) is 4.99. The van der Waals surface area contributed by atoms with Crippen molar-refractivity contribution in [2.24, 2.45) is 0 Å². The number of nitrogens with one attached hydrogen (secondary N) is 1. The van der Waals surface area contributed by atoms with E-state index in [1.807, 2.05) is 54.3 Å². The van der Waals surface area contributed by atoms with Gasteiger partial charge in [-0.25, -0.2) is 4.98 Å². The van der Waals surface area contributed by atoms with E-state index in [4.69, 9.17) is 9.72 Å². The summed E-state index contributed by atoms with van der Waals surface area (Å²) >= 11 is 0. The first-order valence-electron chi connectivity index (χ1n) is 9.22.